The molecule has 2 rings (SSSR count). The summed E-state index contributed by atoms with van der Waals surface area (Å²) < 4.78 is 5.68. The molecule has 2 aromatic rings. The summed E-state index contributed by atoms with van der Waals surface area (Å²) in [7, 11) is 0. The van der Waals surface area contributed by atoms with E-state index in [1.807, 2.05) is 12.3 Å². The monoisotopic (exact) mass is 284 g/mol. The predicted octanol–water partition coefficient (Wildman–Crippen LogP) is 3.76. The molecule has 0 saturated heterocycles. The fraction of sp³-hybridized carbons (Fsp3) is 0.389. The Hall–Kier alpha value is -1.87. The Labute approximate surface area is 127 Å². The molecule has 0 radical (unpaired) electrons. The van der Waals surface area contributed by atoms with Crippen LogP contribution in [0.25, 0.3) is 0 Å². The van der Waals surface area contributed by atoms with Crippen molar-refractivity contribution in [2.75, 3.05) is 13.2 Å². The lowest BCUT2D eigenvalue weighted by Gasteiger charge is -2.19. The first-order chi connectivity index (χ1) is 10.3. The van der Waals surface area contributed by atoms with Gasteiger partial charge in [0.2, 0.25) is 0 Å². The second kappa shape index (κ2) is 8.42. The Morgan fingerprint density at radius 1 is 1.14 bits per heavy atom. The van der Waals surface area contributed by atoms with Crippen molar-refractivity contribution in [1.29, 1.82) is 0 Å². The van der Waals surface area contributed by atoms with Gasteiger partial charge >= 0.3 is 0 Å². The quantitative estimate of drug-likeness (QED) is 0.801. The zero-order valence-electron chi connectivity index (χ0n) is 12.9. The molecule has 3 heteroatoms. The number of aromatic nitrogens is 1. The third kappa shape index (κ3) is 4.87. The fourth-order valence-electron chi connectivity index (χ4n) is 2.33. The zero-order valence-corrected chi connectivity index (χ0v) is 12.9. The average Bonchev–Trinajstić information content (AvgIpc) is 2.54. The summed E-state index contributed by atoms with van der Waals surface area (Å²) in [4.78, 5) is 4.32. The van der Waals surface area contributed by atoms with Gasteiger partial charge in [0.15, 0.2) is 0 Å². The van der Waals surface area contributed by atoms with E-state index in [1.54, 1.807) is 6.20 Å². The molecule has 0 fully saturated rings. The Balaban J connectivity index is 2.13. The van der Waals surface area contributed by atoms with Crippen molar-refractivity contribution in [2.24, 2.45) is 0 Å². The summed E-state index contributed by atoms with van der Waals surface area (Å²) in [5.74, 6) is 0.852. The van der Waals surface area contributed by atoms with Gasteiger partial charge in [-0.15, -0.1) is 0 Å². The van der Waals surface area contributed by atoms with Crippen molar-refractivity contribution in [3.63, 3.8) is 0 Å². The predicted molar refractivity (Wildman–Crippen MR) is 86.6 cm³/mol. The molecule has 21 heavy (non-hydrogen) atoms. The topological polar surface area (TPSA) is 34.1 Å². The molecule has 1 aromatic heterocycles. The van der Waals surface area contributed by atoms with E-state index in [1.165, 1.54) is 11.1 Å². The largest absolute Gasteiger partial charge is 0.492 e. The standard InChI is InChI=1S/C18H24N2O/c1-3-10-21-17-12-16(13-19-14-17)18(20-4-2)11-15-8-6-5-7-9-15/h5-9,12-14,18,20H,3-4,10-11H2,1-2H3. The second-order valence-corrected chi connectivity index (χ2v) is 5.10. The van der Waals surface area contributed by atoms with E-state index in [0.717, 1.165) is 31.7 Å². The summed E-state index contributed by atoms with van der Waals surface area (Å²) in [5.41, 5.74) is 2.50. The van der Waals surface area contributed by atoms with Crippen LogP contribution in [0.2, 0.25) is 0 Å². The van der Waals surface area contributed by atoms with Crippen molar-refractivity contribution in [2.45, 2.75) is 32.7 Å². The molecule has 1 aromatic carbocycles. The van der Waals surface area contributed by atoms with Gasteiger partial charge in [-0.3, -0.25) is 4.98 Å². The maximum Gasteiger partial charge on any atom is 0.137 e. The van der Waals surface area contributed by atoms with E-state index < -0.39 is 0 Å². The summed E-state index contributed by atoms with van der Waals surface area (Å²) in [5, 5.41) is 3.54. The van der Waals surface area contributed by atoms with Crippen LogP contribution < -0.4 is 10.1 Å². The maximum absolute atomic E-state index is 5.68. The van der Waals surface area contributed by atoms with Crippen LogP contribution in [0.3, 0.4) is 0 Å². The minimum Gasteiger partial charge on any atom is -0.492 e. The first-order valence-electron chi connectivity index (χ1n) is 7.68. The van der Waals surface area contributed by atoms with Crippen molar-refractivity contribution in [3.05, 3.63) is 59.9 Å². The second-order valence-electron chi connectivity index (χ2n) is 5.10. The van der Waals surface area contributed by atoms with Crippen LogP contribution in [0.5, 0.6) is 5.75 Å². The number of benzene rings is 1. The average molecular weight is 284 g/mol. The number of rotatable bonds is 8. The number of likely N-dealkylation sites (N-methyl/N-ethyl adjacent to an activating group) is 1. The van der Waals surface area contributed by atoms with Gasteiger partial charge in [-0.2, -0.15) is 0 Å². The minimum absolute atomic E-state index is 0.259. The van der Waals surface area contributed by atoms with Crippen molar-refractivity contribution >= 4 is 0 Å². The van der Waals surface area contributed by atoms with Crippen LogP contribution in [0, 0.1) is 0 Å². The Morgan fingerprint density at radius 3 is 2.67 bits per heavy atom. The number of ether oxygens (including phenoxy) is 1. The Bertz CT molecular complexity index is 528. The highest BCUT2D eigenvalue weighted by atomic mass is 16.5. The number of pyridine rings is 1. The molecular weight excluding hydrogens is 260 g/mol. The van der Waals surface area contributed by atoms with Gasteiger partial charge in [0.05, 0.1) is 12.8 Å². The zero-order chi connectivity index (χ0) is 14.9. The van der Waals surface area contributed by atoms with Gasteiger partial charge < -0.3 is 10.1 Å². The van der Waals surface area contributed by atoms with E-state index in [9.17, 15) is 0 Å². The molecule has 0 aliphatic rings. The highest BCUT2D eigenvalue weighted by Crippen LogP contribution is 2.21. The lowest BCUT2D eigenvalue weighted by molar-refractivity contribution is 0.315. The molecule has 0 aliphatic carbocycles. The van der Waals surface area contributed by atoms with Gasteiger partial charge in [-0.25, -0.2) is 0 Å². The molecule has 112 valence electrons. The van der Waals surface area contributed by atoms with E-state index in [-0.39, 0.29) is 6.04 Å². The van der Waals surface area contributed by atoms with Crippen LogP contribution in [0.1, 0.15) is 37.4 Å². The lowest BCUT2D eigenvalue weighted by atomic mass is 10.00. The maximum atomic E-state index is 5.68. The van der Waals surface area contributed by atoms with Crippen LogP contribution in [0.4, 0.5) is 0 Å². The van der Waals surface area contributed by atoms with E-state index >= 15 is 0 Å². The number of nitrogens with zero attached hydrogens (tertiary/aromatic N) is 1. The number of hydrogen-bond acceptors (Lipinski definition) is 3. The molecule has 1 N–H and O–H groups in total. The van der Waals surface area contributed by atoms with E-state index in [0.29, 0.717) is 0 Å². The van der Waals surface area contributed by atoms with Crippen LogP contribution in [-0.4, -0.2) is 18.1 Å². The molecule has 0 aliphatic heterocycles. The van der Waals surface area contributed by atoms with Gasteiger partial charge in [0.25, 0.3) is 0 Å². The van der Waals surface area contributed by atoms with Crippen molar-refractivity contribution in [3.8, 4) is 5.75 Å². The van der Waals surface area contributed by atoms with Crippen molar-refractivity contribution < 1.29 is 4.74 Å². The normalized spacial score (nSPS) is 12.1. The minimum atomic E-state index is 0.259. The molecule has 1 unspecified atom stereocenters. The van der Waals surface area contributed by atoms with Gasteiger partial charge in [-0.05, 0) is 36.6 Å². The first-order valence-corrected chi connectivity index (χ1v) is 7.68. The molecular formula is C18H24N2O. The summed E-state index contributed by atoms with van der Waals surface area (Å²) in [6, 6.07) is 12.9. The van der Waals surface area contributed by atoms with Gasteiger partial charge in [0.1, 0.15) is 5.75 Å². The highest BCUT2D eigenvalue weighted by Gasteiger charge is 2.12. The summed E-state index contributed by atoms with van der Waals surface area (Å²) in [6.07, 6.45) is 5.66. The molecule has 0 saturated carbocycles. The summed E-state index contributed by atoms with van der Waals surface area (Å²) >= 11 is 0. The molecule has 1 atom stereocenters. The fourth-order valence-corrected chi connectivity index (χ4v) is 2.33. The number of nitrogens with one attached hydrogen (secondary N) is 1. The van der Waals surface area contributed by atoms with Crippen LogP contribution in [-0.2, 0) is 6.42 Å². The lowest BCUT2D eigenvalue weighted by Crippen LogP contribution is -2.23. The molecule has 1 heterocycles. The van der Waals surface area contributed by atoms with Crippen molar-refractivity contribution in [1.82, 2.24) is 10.3 Å². The van der Waals surface area contributed by atoms with E-state index in [2.05, 4.69) is 54.5 Å². The SMILES string of the molecule is CCCOc1cncc(C(Cc2ccccc2)NCC)c1. The highest BCUT2D eigenvalue weighted by molar-refractivity contribution is 5.28. The van der Waals surface area contributed by atoms with Gasteiger partial charge in [0, 0.05) is 12.2 Å². The van der Waals surface area contributed by atoms with Crippen LogP contribution >= 0.6 is 0 Å². The molecule has 0 amide bonds. The van der Waals surface area contributed by atoms with E-state index in [4.69, 9.17) is 4.74 Å². The Kier molecular flexibility index (Phi) is 6.22. The third-order valence-electron chi connectivity index (χ3n) is 3.34. The molecule has 3 nitrogen and oxygen atoms in total. The van der Waals surface area contributed by atoms with Crippen LogP contribution in [0.15, 0.2) is 48.8 Å². The molecule has 0 bridgehead atoms. The Morgan fingerprint density at radius 2 is 1.95 bits per heavy atom. The third-order valence-corrected chi connectivity index (χ3v) is 3.34. The first kappa shape index (κ1) is 15.5. The molecule has 0 spiro atoms. The summed E-state index contributed by atoms with van der Waals surface area (Å²) in [6.45, 7) is 5.89. The smallest absolute Gasteiger partial charge is 0.137 e. The van der Waals surface area contributed by atoms with Gasteiger partial charge in [-0.1, -0.05) is 44.2 Å². The number of hydrogen-bond donors (Lipinski definition) is 1.